The highest BCUT2D eigenvalue weighted by atomic mass is 15.4. The summed E-state index contributed by atoms with van der Waals surface area (Å²) in [5.41, 5.74) is 10.9. The van der Waals surface area contributed by atoms with Gasteiger partial charge in [-0.25, -0.2) is 9.67 Å². The predicted molar refractivity (Wildman–Crippen MR) is 70.2 cm³/mol. The fourth-order valence-electron chi connectivity index (χ4n) is 2.64. The highest BCUT2D eigenvalue weighted by Gasteiger charge is 2.32. The molecule has 0 saturated heterocycles. The van der Waals surface area contributed by atoms with Crippen LogP contribution in [0.3, 0.4) is 0 Å². The highest BCUT2D eigenvalue weighted by Crippen LogP contribution is 2.44. The minimum absolute atomic E-state index is 0.180. The van der Waals surface area contributed by atoms with E-state index in [4.69, 9.17) is 5.73 Å². The van der Waals surface area contributed by atoms with Gasteiger partial charge in [0.1, 0.15) is 11.5 Å². The van der Waals surface area contributed by atoms with Crippen LogP contribution < -0.4 is 10.6 Å². The Morgan fingerprint density at radius 3 is 2.78 bits per heavy atom. The summed E-state index contributed by atoms with van der Waals surface area (Å²) in [5, 5.41) is 8.39. The molecule has 2 aromatic rings. The lowest BCUT2D eigenvalue weighted by atomic mass is 9.98. The Balaban J connectivity index is 2.38. The Bertz CT molecular complexity index is 630. The van der Waals surface area contributed by atoms with Crippen molar-refractivity contribution in [2.45, 2.75) is 19.9 Å². The molecule has 0 amide bonds. The molecule has 3 rings (SSSR count). The number of nitrogen functional groups attached to an aromatic ring is 1. The van der Waals surface area contributed by atoms with E-state index in [-0.39, 0.29) is 6.04 Å². The number of aromatic nitrogens is 4. The number of hydrogen-bond acceptors (Lipinski definition) is 5. The third-order valence-corrected chi connectivity index (χ3v) is 3.60. The molecule has 2 N–H and O–H groups in total. The van der Waals surface area contributed by atoms with Crippen LogP contribution in [0.2, 0.25) is 0 Å². The average molecular weight is 244 g/mol. The summed E-state index contributed by atoms with van der Waals surface area (Å²) in [4.78, 5) is 6.46. The zero-order valence-corrected chi connectivity index (χ0v) is 11.0. The molecule has 0 spiro atoms. The van der Waals surface area contributed by atoms with Gasteiger partial charge in [-0.05, 0) is 19.9 Å². The van der Waals surface area contributed by atoms with Crippen molar-refractivity contribution in [2.24, 2.45) is 7.05 Å². The normalized spacial score (nSPS) is 17.6. The summed E-state index contributed by atoms with van der Waals surface area (Å²) in [5.74, 6) is 0.552. The first-order valence-electron chi connectivity index (χ1n) is 5.90. The van der Waals surface area contributed by atoms with Gasteiger partial charge in [-0.3, -0.25) is 0 Å². The lowest BCUT2D eigenvalue weighted by molar-refractivity contribution is 0.615. The molecule has 3 heterocycles. The molecule has 1 atom stereocenters. The second kappa shape index (κ2) is 3.44. The fourth-order valence-corrected chi connectivity index (χ4v) is 2.64. The summed E-state index contributed by atoms with van der Waals surface area (Å²) in [6.07, 6.45) is 0. The molecule has 2 aromatic heterocycles. The lowest BCUT2D eigenvalue weighted by Gasteiger charge is -2.33. The topological polar surface area (TPSA) is 72.9 Å². The van der Waals surface area contributed by atoms with E-state index in [0.717, 1.165) is 28.3 Å². The Morgan fingerprint density at radius 2 is 2.06 bits per heavy atom. The first-order chi connectivity index (χ1) is 8.50. The largest absolute Gasteiger partial charge is 0.382 e. The fraction of sp³-hybridized carbons (Fsp3) is 0.417. The maximum Gasteiger partial charge on any atom is 0.148 e. The highest BCUT2D eigenvalue weighted by molar-refractivity contribution is 5.87. The van der Waals surface area contributed by atoms with Crippen molar-refractivity contribution in [3.05, 3.63) is 17.5 Å². The molecule has 0 saturated carbocycles. The van der Waals surface area contributed by atoms with E-state index < -0.39 is 0 Å². The molecule has 0 radical (unpaired) electrons. The minimum atomic E-state index is 0.180. The summed E-state index contributed by atoms with van der Waals surface area (Å²) >= 11 is 0. The second-order valence-corrected chi connectivity index (χ2v) is 4.78. The van der Waals surface area contributed by atoms with Gasteiger partial charge >= 0.3 is 0 Å². The van der Waals surface area contributed by atoms with Gasteiger partial charge in [0.15, 0.2) is 0 Å². The van der Waals surface area contributed by atoms with E-state index >= 15 is 0 Å². The van der Waals surface area contributed by atoms with E-state index in [1.165, 1.54) is 0 Å². The van der Waals surface area contributed by atoms with Crippen molar-refractivity contribution in [2.75, 3.05) is 17.7 Å². The van der Waals surface area contributed by atoms with Crippen LogP contribution in [-0.2, 0) is 7.05 Å². The first kappa shape index (κ1) is 11.0. The molecule has 1 aliphatic rings. The smallest absolute Gasteiger partial charge is 0.148 e. The predicted octanol–water partition coefficient (Wildman–Crippen LogP) is 1.28. The zero-order valence-electron chi connectivity index (χ0n) is 11.0. The molecule has 18 heavy (non-hydrogen) atoms. The van der Waals surface area contributed by atoms with Gasteiger partial charge in [0.2, 0.25) is 0 Å². The molecule has 6 heteroatoms. The van der Waals surface area contributed by atoms with Crippen molar-refractivity contribution in [1.29, 1.82) is 0 Å². The molecular weight excluding hydrogens is 228 g/mol. The average Bonchev–Trinajstić information content (AvgIpc) is 2.67. The van der Waals surface area contributed by atoms with Gasteiger partial charge < -0.3 is 10.6 Å². The second-order valence-electron chi connectivity index (χ2n) is 4.78. The van der Waals surface area contributed by atoms with Gasteiger partial charge in [0.25, 0.3) is 0 Å². The van der Waals surface area contributed by atoms with Crippen molar-refractivity contribution in [1.82, 2.24) is 20.0 Å². The third kappa shape index (κ3) is 1.25. The van der Waals surface area contributed by atoms with E-state index in [1.807, 2.05) is 31.8 Å². The maximum atomic E-state index is 6.05. The van der Waals surface area contributed by atoms with Crippen LogP contribution in [0.4, 0.5) is 11.5 Å². The van der Waals surface area contributed by atoms with Gasteiger partial charge in [-0.1, -0.05) is 5.21 Å². The van der Waals surface area contributed by atoms with E-state index in [0.29, 0.717) is 5.82 Å². The van der Waals surface area contributed by atoms with E-state index in [2.05, 4.69) is 27.1 Å². The van der Waals surface area contributed by atoms with E-state index in [1.54, 1.807) is 0 Å². The maximum absolute atomic E-state index is 6.05. The zero-order chi connectivity index (χ0) is 13.0. The number of hydrogen-bond donors (Lipinski definition) is 1. The molecular formula is C12H16N6. The Labute approximate surface area is 105 Å². The summed E-state index contributed by atoms with van der Waals surface area (Å²) < 4.78 is 1.82. The third-order valence-electron chi connectivity index (χ3n) is 3.60. The van der Waals surface area contributed by atoms with Crippen LogP contribution in [-0.4, -0.2) is 27.0 Å². The van der Waals surface area contributed by atoms with Crippen LogP contribution in [0, 0.1) is 6.92 Å². The standard InChI is InChI=1S/C12H16N6/c1-6-5-8-9-10(18(4)16-15-9)7(2)17(3)11(8)12(13)14-6/h5,7H,1-4H3,(H2,13,14). The molecule has 0 aromatic carbocycles. The van der Waals surface area contributed by atoms with Crippen LogP contribution in [0.25, 0.3) is 11.3 Å². The van der Waals surface area contributed by atoms with Gasteiger partial charge in [-0.2, -0.15) is 0 Å². The summed E-state index contributed by atoms with van der Waals surface area (Å²) in [6.45, 7) is 4.05. The quantitative estimate of drug-likeness (QED) is 0.755. The monoisotopic (exact) mass is 244 g/mol. The van der Waals surface area contributed by atoms with Crippen molar-refractivity contribution >= 4 is 11.5 Å². The van der Waals surface area contributed by atoms with Crippen LogP contribution in [0.5, 0.6) is 0 Å². The van der Waals surface area contributed by atoms with Crippen LogP contribution in [0.15, 0.2) is 6.07 Å². The molecule has 0 aliphatic carbocycles. The first-order valence-corrected chi connectivity index (χ1v) is 5.90. The number of nitrogens with zero attached hydrogens (tertiary/aromatic N) is 5. The number of fused-ring (bicyclic) bond motifs is 3. The van der Waals surface area contributed by atoms with Gasteiger partial charge in [0, 0.05) is 25.4 Å². The molecule has 6 nitrogen and oxygen atoms in total. The Hall–Kier alpha value is -2.11. The van der Waals surface area contributed by atoms with E-state index in [9.17, 15) is 0 Å². The lowest BCUT2D eigenvalue weighted by Crippen LogP contribution is -2.29. The number of nitrogens with two attached hydrogens (primary N) is 1. The van der Waals surface area contributed by atoms with Crippen molar-refractivity contribution in [3.8, 4) is 11.3 Å². The molecule has 94 valence electrons. The summed E-state index contributed by atoms with van der Waals surface area (Å²) in [7, 11) is 3.94. The van der Waals surface area contributed by atoms with Crippen LogP contribution in [0.1, 0.15) is 24.4 Å². The number of anilines is 2. The number of rotatable bonds is 0. The molecule has 1 aliphatic heterocycles. The minimum Gasteiger partial charge on any atom is -0.382 e. The molecule has 0 bridgehead atoms. The summed E-state index contributed by atoms with van der Waals surface area (Å²) in [6, 6.07) is 2.20. The van der Waals surface area contributed by atoms with Gasteiger partial charge in [-0.15, -0.1) is 5.10 Å². The molecule has 0 fully saturated rings. The van der Waals surface area contributed by atoms with Gasteiger partial charge in [0.05, 0.1) is 17.4 Å². The Morgan fingerprint density at radius 1 is 1.33 bits per heavy atom. The SMILES string of the molecule is Cc1cc2c(c(N)n1)N(C)C(C)c1c-2nnn1C. The van der Waals surface area contributed by atoms with Crippen molar-refractivity contribution < 1.29 is 0 Å². The number of aryl methyl sites for hydroxylation is 2. The number of pyridine rings is 1. The molecule has 1 unspecified atom stereocenters. The van der Waals surface area contributed by atoms with Crippen molar-refractivity contribution in [3.63, 3.8) is 0 Å². The van der Waals surface area contributed by atoms with Crippen LogP contribution >= 0.6 is 0 Å². The Kier molecular flexibility index (Phi) is 2.10.